The van der Waals surface area contributed by atoms with Crippen LogP contribution in [0.15, 0.2) is 24.3 Å². The van der Waals surface area contributed by atoms with Gasteiger partial charge in [-0.15, -0.1) is 11.3 Å². The van der Waals surface area contributed by atoms with Gasteiger partial charge in [-0.2, -0.15) is 0 Å². The standard InChI is InChI=1S/C20H25FN4OS/c1-14-6-7-16-18(12-14)27-20(22-16)23-19(26)13-24-8-10-25(11-9-24)17-5-3-2-4-15(17)21/h2-5,14H,6-13H2,1H3,(H,22,23,26)/t14-/m1/s1. The summed E-state index contributed by atoms with van der Waals surface area (Å²) in [5.74, 6) is 0.492. The number of para-hydroxylation sites is 1. The summed E-state index contributed by atoms with van der Waals surface area (Å²) in [6, 6.07) is 6.86. The van der Waals surface area contributed by atoms with Crippen molar-refractivity contribution in [3.63, 3.8) is 0 Å². The van der Waals surface area contributed by atoms with Crippen LogP contribution < -0.4 is 10.2 Å². The Morgan fingerprint density at radius 3 is 2.85 bits per heavy atom. The number of anilines is 2. The Hall–Kier alpha value is -1.99. The molecule has 2 heterocycles. The van der Waals surface area contributed by atoms with Crippen LogP contribution in [0.25, 0.3) is 0 Å². The number of nitrogens with zero attached hydrogens (tertiary/aromatic N) is 3. The summed E-state index contributed by atoms with van der Waals surface area (Å²) in [7, 11) is 0. The van der Waals surface area contributed by atoms with Gasteiger partial charge in [0.1, 0.15) is 5.82 Å². The fourth-order valence-corrected chi connectivity index (χ4v) is 5.00. The van der Waals surface area contributed by atoms with Crippen LogP contribution in [-0.2, 0) is 17.6 Å². The van der Waals surface area contributed by atoms with Crippen LogP contribution in [0.3, 0.4) is 0 Å². The molecule has 1 aliphatic carbocycles. The molecule has 0 spiro atoms. The second kappa shape index (κ2) is 7.94. The van der Waals surface area contributed by atoms with Crippen molar-refractivity contribution in [2.45, 2.75) is 26.2 Å². The average molecular weight is 389 g/mol. The highest BCUT2D eigenvalue weighted by atomic mass is 32.1. The van der Waals surface area contributed by atoms with Crippen molar-refractivity contribution in [1.29, 1.82) is 0 Å². The minimum Gasteiger partial charge on any atom is -0.367 e. The maximum Gasteiger partial charge on any atom is 0.240 e. The number of fused-ring (bicyclic) bond motifs is 1. The van der Waals surface area contributed by atoms with Gasteiger partial charge in [-0.3, -0.25) is 9.69 Å². The van der Waals surface area contributed by atoms with Gasteiger partial charge in [-0.05, 0) is 37.3 Å². The summed E-state index contributed by atoms with van der Waals surface area (Å²) in [4.78, 5) is 22.5. The van der Waals surface area contributed by atoms with Crippen molar-refractivity contribution in [2.24, 2.45) is 5.92 Å². The molecule has 0 radical (unpaired) electrons. The molecule has 1 atom stereocenters. The normalized spacial score (nSPS) is 20.4. The lowest BCUT2D eigenvalue weighted by Crippen LogP contribution is -2.48. The van der Waals surface area contributed by atoms with E-state index in [1.54, 1.807) is 17.4 Å². The van der Waals surface area contributed by atoms with Gasteiger partial charge in [-0.1, -0.05) is 19.1 Å². The van der Waals surface area contributed by atoms with Crippen molar-refractivity contribution in [3.8, 4) is 0 Å². The molecule has 144 valence electrons. The minimum atomic E-state index is -0.189. The monoisotopic (exact) mass is 388 g/mol. The Morgan fingerprint density at radius 2 is 2.07 bits per heavy atom. The molecule has 1 fully saturated rings. The van der Waals surface area contributed by atoms with E-state index in [1.165, 1.54) is 17.4 Å². The predicted octanol–water partition coefficient (Wildman–Crippen LogP) is 3.17. The molecule has 27 heavy (non-hydrogen) atoms. The number of nitrogens with one attached hydrogen (secondary N) is 1. The second-order valence-corrected chi connectivity index (χ2v) is 8.58. The van der Waals surface area contributed by atoms with Gasteiger partial charge < -0.3 is 10.2 Å². The Morgan fingerprint density at radius 1 is 1.30 bits per heavy atom. The smallest absolute Gasteiger partial charge is 0.240 e. The molecule has 2 aromatic rings. The Balaban J connectivity index is 1.28. The van der Waals surface area contributed by atoms with Crippen molar-refractivity contribution >= 4 is 28.1 Å². The first-order valence-electron chi connectivity index (χ1n) is 9.59. The fourth-order valence-electron chi connectivity index (χ4n) is 3.81. The fraction of sp³-hybridized carbons (Fsp3) is 0.500. The third-order valence-corrected chi connectivity index (χ3v) is 6.40. The van der Waals surface area contributed by atoms with Gasteiger partial charge in [-0.25, -0.2) is 9.37 Å². The van der Waals surface area contributed by atoms with Crippen LogP contribution in [0.5, 0.6) is 0 Å². The third kappa shape index (κ3) is 4.30. The van der Waals surface area contributed by atoms with Crippen molar-refractivity contribution in [1.82, 2.24) is 9.88 Å². The molecule has 1 aromatic heterocycles. The number of piperazine rings is 1. The highest BCUT2D eigenvalue weighted by molar-refractivity contribution is 7.15. The molecule has 0 unspecified atom stereocenters. The molecule has 4 rings (SSSR count). The number of halogens is 1. The number of amides is 1. The molecule has 1 aliphatic heterocycles. The summed E-state index contributed by atoms with van der Waals surface area (Å²) in [6.45, 7) is 5.55. The number of rotatable bonds is 4. The Bertz CT molecular complexity index is 816. The van der Waals surface area contributed by atoms with Crippen LogP contribution >= 0.6 is 11.3 Å². The van der Waals surface area contributed by atoms with Crippen LogP contribution in [0.4, 0.5) is 15.2 Å². The van der Waals surface area contributed by atoms with Crippen molar-refractivity contribution in [2.75, 3.05) is 42.9 Å². The first kappa shape index (κ1) is 18.4. The zero-order chi connectivity index (χ0) is 18.8. The van der Waals surface area contributed by atoms with Gasteiger partial charge in [0.05, 0.1) is 17.9 Å². The highest BCUT2D eigenvalue weighted by Crippen LogP contribution is 2.32. The maximum atomic E-state index is 13.9. The summed E-state index contributed by atoms with van der Waals surface area (Å²) < 4.78 is 13.9. The molecular weight excluding hydrogens is 363 g/mol. The summed E-state index contributed by atoms with van der Waals surface area (Å²) >= 11 is 1.62. The number of hydrogen-bond acceptors (Lipinski definition) is 5. The van der Waals surface area contributed by atoms with Gasteiger partial charge in [0.25, 0.3) is 0 Å². The van der Waals surface area contributed by atoms with Crippen LogP contribution in [-0.4, -0.2) is 48.5 Å². The molecule has 7 heteroatoms. The highest BCUT2D eigenvalue weighted by Gasteiger charge is 2.23. The van der Waals surface area contributed by atoms with Crippen molar-refractivity contribution < 1.29 is 9.18 Å². The largest absolute Gasteiger partial charge is 0.367 e. The van der Waals surface area contributed by atoms with Crippen LogP contribution in [0, 0.1) is 11.7 Å². The maximum absolute atomic E-state index is 13.9. The number of aromatic nitrogens is 1. The summed E-state index contributed by atoms with van der Waals surface area (Å²) in [5, 5.41) is 3.69. The van der Waals surface area contributed by atoms with E-state index in [9.17, 15) is 9.18 Å². The number of thiazole rings is 1. The van der Waals surface area contributed by atoms with E-state index in [-0.39, 0.29) is 11.7 Å². The molecule has 0 saturated carbocycles. The topological polar surface area (TPSA) is 48.5 Å². The average Bonchev–Trinajstić information content (AvgIpc) is 3.04. The number of benzene rings is 1. The number of carbonyl (C=O) groups excluding carboxylic acids is 1. The lowest BCUT2D eigenvalue weighted by atomic mass is 9.93. The van der Waals surface area contributed by atoms with E-state index in [0.717, 1.165) is 49.8 Å². The summed E-state index contributed by atoms with van der Waals surface area (Å²) in [5.41, 5.74) is 1.80. The van der Waals surface area contributed by atoms with Crippen molar-refractivity contribution in [3.05, 3.63) is 40.7 Å². The molecule has 0 bridgehead atoms. The van der Waals surface area contributed by atoms with Gasteiger partial charge in [0, 0.05) is 31.1 Å². The quantitative estimate of drug-likeness (QED) is 0.874. The molecule has 1 N–H and O–H groups in total. The molecule has 2 aliphatic rings. The molecule has 1 amide bonds. The summed E-state index contributed by atoms with van der Waals surface area (Å²) in [6.07, 6.45) is 3.26. The molecule has 1 saturated heterocycles. The van der Waals surface area contributed by atoms with Gasteiger partial charge in [0.15, 0.2) is 5.13 Å². The first-order chi connectivity index (χ1) is 13.1. The lowest BCUT2D eigenvalue weighted by molar-refractivity contribution is -0.117. The SMILES string of the molecule is C[C@@H]1CCc2nc(NC(=O)CN3CCN(c4ccccc4F)CC3)sc2C1. The van der Waals surface area contributed by atoms with E-state index in [4.69, 9.17) is 0 Å². The molecule has 1 aromatic carbocycles. The number of aryl methyl sites for hydroxylation is 1. The molecular formula is C20H25FN4OS. The first-order valence-corrected chi connectivity index (χ1v) is 10.4. The third-order valence-electron chi connectivity index (χ3n) is 5.37. The number of hydrogen-bond donors (Lipinski definition) is 1. The van der Waals surface area contributed by atoms with E-state index in [0.29, 0.717) is 18.2 Å². The zero-order valence-electron chi connectivity index (χ0n) is 15.6. The van der Waals surface area contributed by atoms with E-state index >= 15 is 0 Å². The van der Waals surface area contributed by atoms with Crippen LogP contribution in [0.1, 0.15) is 23.9 Å². The Kier molecular flexibility index (Phi) is 5.41. The van der Waals surface area contributed by atoms with E-state index < -0.39 is 0 Å². The van der Waals surface area contributed by atoms with Crippen LogP contribution in [0.2, 0.25) is 0 Å². The number of carbonyl (C=O) groups is 1. The van der Waals surface area contributed by atoms with E-state index in [1.807, 2.05) is 17.0 Å². The minimum absolute atomic E-state index is 0.0199. The Labute approximate surface area is 163 Å². The second-order valence-electron chi connectivity index (χ2n) is 7.50. The van der Waals surface area contributed by atoms with Gasteiger partial charge in [0.2, 0.25) is 5.91 Å². The predicted molar refractivity (Wildman–Crippen MR) is 107 cm³/mol. The molecule has 5 nitrogen and oxygen atoms in total. The zero-order valence-corrected chi connectivity index (χ0v) is 16.4. The van der Waals surface area contributed by atoms with Gasteiger partial charge >= 0.3 is 0 Å². The van der Waals surface area contributed by atoms with E-state index in [2.05, 4.69) is 22.1 Å². The lowest BCUT2D eigenvalue weighted by Gasteiger charge is -2.35.